The average molecular weight is 302 g/mol. The van der Waals surface area contributed by atoms with Gasteiger partial charge in [0.2, 0.25) is 5.91 Å². The molecule has 1 aromatic rings. The van der Waals surface area contributed by atoms with Gasteiger partial charge in [0.15, 0.2) is 0 Å². The quantitative estimate of drug-likeness (QED) is 0.901. The van der Waals surface area contributed by atoms with Crippen molar-refractivity contribution >= 4 is 34.8 Å². The van der Waals surface area contributed by atoms with Crippen LogP contribution in [0.2, 0.25) is 10.0 Å². The lowest BCUT2D eigenvalue weighted by Crippen LogP contribution is -2.43. The van der Waals surface area contributed by atoms with E-state index in [1.54, 1.807) is 18.2 Å². The van der Waals surface area contributed by atoms with Gasteiger partial charge in [-0.1, -0.05) is 29.3 Å². The van der Waals surface area contributed by atoms with E-state index >= 15 is 0 Å². The maximum absolute atomic E-state index is 11.9. The highest BCUT2D eigenvalue weighted by Crippen LogP contribution is 2.29. The van der Waals surface area contributed by atoms with Gasteiger partial charge in [-0.05, 0) is 25.0 Å². The standard InChI is InChI=1S/C13H17Cl2N3O/c14-10-2-1-3-11(13(10)15)17-12(19)8-18-6-4-9(16)5-7-18/h1-3,9H,4-8,16H2,(H,17,19). The highest BCUT2D eigenvalue weighted by molar-refractivity contribution is 6.43. The zero-order valence-corrected chi connectivity index (χ0v) is 12.0. The van der Waals surface area contributed by atoms with Crippen LogP contribution in [0.1, 0.15) is 12.8 Å². The average Bonchev–Trinajstić information content (AvgIpc) is 2.38. The summed E-state index contributed by atoms with van der Waals surface area (Å²) in [5.41, 5.74) is 6.38. The first-order valence-corrected chi connectivity index (χ1v) is 7.03. The van der Waals surface area contributed by atoms with Crippen LogP contribution in [-0.4, -0.2) is 36.5 Å². The molecule has 0 aliphatic carbocycles. The molecule has 1 amide bonds. The minimum atomic E-state index is -0.0837. The Bertz CT molecular complexity index is 459. The number of hydrogen-bond acceptors (Lipinski definition) is 3. The second-order valence-corrected chi connectivity index (χ2v) is 5.55. The molecule has 0 atom stereocenters. The van der Waals surface area contributed by atoms with E-state index < -0.39 is 0 Å². The van der Waals surface area contributed by atoms with Gasteiger partial charge < -0.3 is 11.1 Å². The Labute approximate surface area is 122 Å². The number of hydrogen-bond donors (Lipinski definition) is 2. The van der Waals surface area contributed by atoms with E-state index in [2.05, 4.69) is 10.2 Å². The first kappa shape index (κ1) is 14.6. The molecule has 2 rings (SSSR count). The lowest BCUT2D eigenvalue weighted by Gasteiger charge is -2.29. The summed E-state index contributed by atoms with van der Waals surface area (Å²) in [6.45, 7) is 2.07. The first-order chi connectivity index (χ1) is 9.06. The van der Waals surface area contributed by atoms with Gasteiger partial charge in [-0.15, -0.1) is 0 Å². The summed E-state index contributed by atoms with van der Waals surface area (Å²) in [7, 11) is 0. The molecule has 1 fully saturated rings. The number of carbonyl (C=O) groups excluding carboxylic acids is 1. The van der Waals surface area contributed by atoms with Crippen LogP contribution in [-0.2, 0) is 4.79 Å². The number of anilines is 1. The predicted molar refractivity (Wildman–Crippen MR) is 78.7 cm³/mol. The van der Waals surface area contributed by atoms with Crippen molar-refractivity contribution in [3.63, 3.8) is 0 Å². The molecule has 0 unspecified atom stereocenters. The number of carbonyl (C=O) groups is 1. The summed E-state index contributed by atoms with van der Waals surface area (Å²) in [5, 5.41) is 3.59. The minimum Gasteiger partial charge on any atom is -0.328 e. The summed E-state index contributed by atoms with van der Waals surface area (Å²) in [5.74, 6) is -0.0837. The molecular weight excluding hydrogens is 285 g/mol. The van der Waals surface area contributed by atoms with Gasteiger partial charge in [0.1, 0.15) is 0 Å². The molecule has 0 radical (unpaired) electrons. The first-order valence-electron chi connectivity index (χ1n) is 6.28. The van der Waals surface area contributed by atoms with Crippen LogP contribution in [0.4, 0.5) is 5.69 Å². The number of rotatable bonds is 3. The normalized spacial score (nSPS) is 17.4. The Morgan fingerprint density at radius 3 is 2.74 bits per heavy atom. The second kappa shape index (κ2) is 6.57. The van der Waals surface area contributed by atoms with E-state index in [1.165, 1.54) is 0 Å². The number of amides is 1. The van der Waals surface area contributed by atoms with Crippen molar-refractivity contribution in [2.75, 3.05) is 25.0 Å². The summed E-state index contributed by atoms with van der Waals surface area (Å²) in [4.78, 5) is 14.0. The summed E-state index contributed by atoms with van der Waals surface area (Å²) < 4.78 is 0. The van der Waals surface area contributed by atoms with Gasteiger partial charge in [0.05, 0.1) is 22.3 Å². The molecule has 1 aliphatic heterocycles. The third kappa shape index (κ3) is 4.08. The zero-order valence-electron chi connectivity index (χ0n) is 10.5. The lowest BCUT2D eigenvalue weighted by molar-refractivity contribution is -0.117. The Morgan fingerprint density at radius 1 is 1.37 bits per heavy atom. The van der Waals surface area contributed by atoms with Gasteiger partial charge in [0, 0.05) is 19.1 Å². The number of nitrogens with two attached hydrogens (primary N) is 1. The molecule has 4 nitrogen and oxygen atoms in total. The van der Waals surface area contributed by atoms with E-state index in [0.717, 1.165) is 25.9 Å². The molecule has 1 aromatic carbocycles. The maximum atomic E-state index is 11.9. The van der Waals surface area contributed by atoms with Crippen LogP contribution in [0, 0.1) is 0 Å². The van der Waals surface area contributed by atoms with Crippen LogP contribution in [0.25, 0.3) is 0 Å². The third-order valence-electron chi connectivity index (χ3n) is 3.23. The second-order valence-electron chi connectivity index (χ2n) is 4.76. The minimum absolute atomic E-state index is 0.0837. The Morgan fingerprint density at radius 2 is 2.05 bits per heavy atom. The molecule has 1 saturated heterocycles. The molecule has 6 heteroatoms. The predicted octanol–water partition coefficient (Wildman–Crippen LogP) is 2.36. The van der Waals surface area contributed by atoms with Crippen LogP contribution in [0.3, 0.4) is 0 Å². The molecule has 0 spiro atoms. The molecule has 0 aromatic heterocycles. The number of halogens is 2. The largest absolute Gasteiger partial charge is 0.328 e. The van der Waals surface area contributed by atoms with Gasteiger partial charge in [-0.2, -0.15) is 0 Å². The lowest BCUT2D eigenvalue weighted by atomic mass is 10.1. The maximum Gasteiger partial charge on any atom is 0.238 e. The van der Waals surface area contributed by atoms with E-state index in [0.29, 0.717) is 22.3 Å². The molecule has 3 N–H and O–H groups in total. The number of nitrogens with one attached hydrogen (secondary N) is 1. The van der Waals surface area contributed by atoms with Gasteiger partial charge >= 0.3 is 0 Å². The van der Waals surface area contributed by atoms with Crippen molar-refractivity contribution in [1.82, 2.24) is 4.90 Å². The van der Waals surface area contributed by atoms with Gasteiger partial charge in [-0.25, -0.2) is 0 Å². The molecule has 19 heavy (non-hydrogen) atoms. The smallest absolute Gasteiger partial charge is 0.238 e. The molecule has 1 heterocycles. The van der Waals surface area contributed by atoms with E-state index in [1.807, 2.05) is 0 Å². The van der Waals surface area contributed by atoms with Crippen molar-refractivity contribution in [2.24, 2.45) is 5.73 Å². The molecule has 0 saturated carbocycles. The SMILES string of the molecule is NC1CCN(CC(=O)Nc2cccc(Cl)c2Cl)CC1. The van der Waals surface area contributed by atoms with Crippen LogP contribution < -0.4 is 11.1 Å². The van der Waals surface area contributed by atoms with Crippen molar-refractivity contribution in [3.05, 3.63) is 28.2 Å². The Kier molecular flexibility index (Phi) is 5.05. The van der Waals surface area contributed by atoms with E-state index in [4.69, 9.17) is 28.9 Å². The van der Waals surface area contributed by atoms with E-state index in [9.17, 15) is 4.79 Å². The monoisotopic (exact) mass is 301 g/mol. The number of piperidine rings is 1. The highest BCUT2D eigenvalue weighted by Gasteiger charge is 2.18. The summed E-state index contributed by atoms with van der Waals surface area (Å²) in [6, 6.07) is 5.44. The van der Waals surface area contributed by atoms with Crippen LogP contribution >= 0.6 is 23.2 Å². The van der Waals surface area contributed by atoms with Crippen molar-refractivity contribution in [3.8, 4) is 0 Å². The van der Waals surface area contributed by atoms with E-state index in [-0.39, 0.29) is 11.9 Å². The fraction of sp³-hybridized carbons (Fsp3) is 0.462. The van der Waals surface area contributed by atoms with Crippen molar-refractivity contribution < 1.29 is 4.79 Å². The van der Waals surface area contributed by atoms with Crippen LogP contribution in [0.15, 0.2) is 18.2 Å². The molecule has 1 aliphatic rings. The molecule has 0 bridgehead atoms. The van der Waals surface area contributed by atoms with Crippen molar-refractivity contribution in [1.29, 1.82) is 0 Å². The molecular formula is C13H17Cl2N3O. The number of benzene rings is 1. The fourth-order valence-electron chi connectivity index (χ4n) is 2.10. The third-order valence-corrected chi connectivity index (χ3v) is 4.04. The van der Waals surface area contributed by atoms with Crippen molar-refractivity contribution in [2.45, 2.75) is 18.9 Å². The Hall–Kier alpha value is -0.810. The van der Waals surface area contributed by atoms with Gasteiger partial charge in [0.25, 0.3) is 0 Å². The topological polar surface area (TPSA) is 58.4 Å². The highest BCUT2D eigenvalue weighted by atomic mass is 35.5. The summed E-state index contributed by atoms with van der Waals surface area (Å²) >= 11 is 11.9. The summed E-state index contributed by atoms with van der Waals surface area (Å²) in [6.07, 6.45) is 1.87. The number of nitrogens with zero attached hydrogens (tertiary/aromatic N) is 1. The Balaban J connectivity index is 1.89. The zero-order chi connectivity index (χ0) is 13.8. The van der Waals surface area contributed by atoms with Crippen LogP contribution in [0.5, 0.6) is 0 Å². The van der Waals surface area contributed by atoms with Gasteiger partial charge in [-0.3, -0.25) is 9.69 Å². The number of likely N-dealkylation sites (tertiary alicyclic amines) is 1. The fourth-order valence-corrected chi connectivity index (χ4v) is 2.45. The molecule has 104 valence electrons.